The van der Waals surface area contributed by atoms with Crippen molar-refractivity contribution in [1.29, 1.82) is 0 Å². The molecule has 0 heterocycles. The predicted octanol–water partition coefficient (Wildman–Crippen LogP) is 2.83. The Hall–Kier alpha value is -0.0800. The molecule has 0 bridgehead atoms. The van der Waals surface area contributed by atoms with Crippen LogP contribution in [0.5, 0.6) is 0 Å². The van der Waals surface area contributed by atoms with Gasteiger partial charge in [0.25, 0.3) is 0 Å². The van der Waals surface area contributed by atoms with E-state index in [0.29, 0.717) is 12.8 Å². The molecule has 0 aromatic rings. The van der Waals surface area contributed by atoms with Crippen LogP contribution in [0, 0.1) is 5.92 Å². The number of hydrogen-bond donors (Lipinski definition) is 2. The lowest BCUT2D eigenvalue weighted by Gasteiger charge is -2.25. The molecule has 0 saturated heterocycles. The Labute approximate surface area is 87.3 Å². The maximum absolute atomic E-state index is 8.93. The lowest BCUT2D eigenvalue weighted by atomic mass is 9.95. The Morgan fingerprint density at radius 1 is 0.857 bits per heavy atom. The Bertz CT molecular complexity index is 140. The molecule has 2 heteroatoms. The van der Waals surface area contributed by atoms with Gasteiger partial charge in [0.1, 0.15) is 0 Å². The molecule has 2 saturated carbocycles. The van der Waals surface area contributed by atoms with Crippen molar-refractivity contribution in [1.82, 2.24) is 0 Å². The van der Waals surface area contributed by atoms with E-state index in [4.69, 9.17) is 10.2 Å². The summed E-state index contributed by atoms with van der Waals surface area (Å²) in [5.74, 6) is -0.275. The highest BCUT2D eigenvalue weighted by atomic mass is 16.5. The highest BCUT2D eigenvalue weighted by molar-refractivity contribution is 4.69. The molecule has 0 amide bonds. The van der Waals surface area contributed by atoms with Gasteiger partial charge < -0.3 is 10.2 Å². The Morgan fingerprint density at radius 2 is 1.36 bits per heavy atom. The molecule has 0 radical (unpaired) electrons. The lowest BCUT2D eigenvalue weighted by molar-refractivity contribution is -0.180. The average Bonchev–Trinajstić information content (AvgIpc) is 2.56. The second kappa shape index (κ2) is 5.72. The van der Waals surface area contributed by atoms with Gasteiger partial charge in [0.05, 0.1) is 0 Å². The summed E-state index contributed by atoms with van der Waals surface area (Å²) >= 11 is 0. The van der Waals surface area contributed by atoms with E-state index in [1.807, 2.05) is 0 Å². The summed E-state index contributed by atoms with van der Waals surface area (Å²) in [5, 5.41) is 17.9. The maximum Gasteiger partial charge on any atom is 0.162 e. The third kappa shape index (κ3) is 4.97. The van der Waals surface area contributed by atoms with Crippen molar-refractivity contribution in [3.8, 4) is 0 Å². The van der Waals surface area contributed by atoms with Crippen molar-refractivity contribution in [3.05, 3.63) is 0 Å². The highest BCUT2D eigenvalue weighted by Gasteiger charge is 2.24. The fraction of sp³-hybridized carbons (Fsp3) is 1.00. The zero-order chi connectivity index (χ0) is 10.4. The zero-order valence-electron chi connectivity index (χ0n) is 9.34. The van der Waals surface area contributed by atoms with Gasteiger partial charge in [-0.05, 0) is 18.8 Å². The standard InChI is InChI=1S/C6H12O2.C6H12/c7-6(8)4-2-1-3-5-6;1-6-4-2-3-5-6/h7-8H,1-5H2;6H,2-5H2,1H3. The van der Waals surface area contributed by atoms with Gasteiger partial charge in [-0.25, -0.2) is 0 Å². The first-order valence-electron chi connectivity index (χ1n) is 6.05. The molecule has 0 aromatic carbocycles. The van der Waals surface area contributed by atoms with E-state index in [-0.39, 0.29) is 0 Å². The van der Waals surface area contributed by atoms with Gasteiger partial charge in [-0.15, -0.1) is 0 Å². The summed E-state index contributed by atoms with van der Waals surface area (Å²) in [5.41, 5.74) is 0. The molecule has 2 N–H and O–H groups in total. The largest absolute Gasteiger partial charge is 0.366 e. The molecule has 0 aliphatic heterocycles. The minimum Gasteiger partial charge on any atom is -0.366 e. The van der Waals surface area contributed by atoms with Crippen LogP contribution < -0.4 is 0 Å². The second-order valence-corrected chi connectivity index (χ2v) is 4.93. The molecule has 84 valence electrons. The lowest BCUT2D eigenvalue weighted by Crippen LogP contribution is -2.30. The molecule has 14 heavy (non-hydrogen) atoms. The zero-order valence-corrected chi connectivity index (χ0v) is 9.34. The normalized spacial score (nSPS) is 26.8. The van der Waals surface area contributed by atoms with Crippen molar-refractivity contribution < 1.29 is 10.2 Å². The first-order valence-corrected chi connectivity index (χ1v) is 6.05. The maximum atomic E-state index is 8.93. The molecular formula is C12H24O2. The summed E-state index contributed by atoms with van der Waals surface area (Å²) < 4.78 is 0. The Kier molecular flexibility index (Phi) is 4.90. The van der Waals surface area contributed by atoms with Crippen molar-refractivity contribution in [2.45, 2.75) is 70.5 Å². The molecule has 0 spiro atoms. The van der Waals surface area contributed by atoms with Gasteiger partial charge >= 0.3 is 0 Å². The van der Waals surface area contributed by atoms with Crippen LogP contribution in [0.1, 0.15) is 64.7 Å². The smallest absolute Gasteiger partial charge is 0.162 e. The van der Waals surface area contributed by atoms with Crippen LogP contribution >= 0.6 is 0 Å². The summed E-state index contributed by atoms with van der Waals surface area (Å²) in [7, 11) is 0. The van der Waals surface area contributed by atoms with Crippen molar-refractivity contribution >= 4 is 0 Å². The fourth-order valence-electron chi connectivity index (χ4n) is 2.25. The van der Waals surface area contributed by atoms with Gasteiger partial charge in [-0.2, -0.15) is 0 Å². The summed E-state index contributed by atoms with van der Waals surface area (Å²) in [6.45, 7) is 2.34. The fourth-order valence-corrected chi connectivity index (χ4v) is 2.25. The molecule has 2 aliphatic rings. The molecule has 2 rings (SSSR count). The molecular weight excluding hydrogens is 176 g/mol. The summed E-state index contributed by atoms with van der Waals surface area (Å²) in [4.78, 5) is 0. The Balaban J connectivity index is 0.000000146. The van der Waals surface area contributed by atoms with Crippen LogP contribution in [-0.2, 0) is 0 Å². The van der Waals surface area contributed by atoms with Gasteiger partial charge in [-0.1, -0.05) is 39.0 Å². The molecule has 0 atom stereocenters. The Morgan fingerprint density at radius 3 is 1.57 bits per heavy atom. The van der Waals surface area contributed by atoms with Gasteiger partial charge in [-0.3, -0.25) is 0 Å². The van der Waals surface area contributed by atoms with Gasteiger partial charge in [0, 0.05) is 12.8 Å². The number of rotatable bonds is 0. The van der Waals surface area contributed by atoms with E-state index < -0.39 is 5.79 Å². The molecule has 2 aliphatic carbocycles. The summed E-state index contributed by atoms with van der Waals surface area (Å²) in [6, 6.07) is 0. The highest BCUT2D eigenvalue weighted by Crippen LogP contribution is 2.24. The topological polar surface area (TPSA) is 40.5 Å². The van der Waals surface area contributed by atoms with Crippen LogP contribution in [0.15, 0.2) is 0 Å². The SMILES string of the molecule is CC1CCCC1.OC1(O)CCCCC1. The van der Waals surface area contributed by atoms with Crippen molar-refractivity contribution in [2.24, 2.45) is 5.92 Å². The average molecular weight is 200 g/mol. The number of hydrogen-bond acceptors (Lipinski definition) is 2. The van der Waals surface area contributed by atoms with Crippen molar-refractivity contribution in [3.63, 3.8) is 0 Å². The molecule has 0 aromatic heterocycles. The minimum atomic E-state index is -1.32. The first-order chi connectivity index (χ1) is 6.60. The second-order valence-electron chi connectivity index (χ2n) is 4.93. The first kappa shape index (κ1) is 12.0. The van der Waals surface area contributed by atoms with Gasteiger partial charge in [0.15, 0.2) is 5.79 Å². The van der Waals surface area contributed by atoms with Crippen LogP contribution in [-0.4, -0.2) is 16.0 Å². The molecule has 0 unspecified atom stereocenters. The van der Waals surface area contributed by atoms with Crippen LogP contribution in [0.25, 0.3) is 0 Å². The van der Waals surface area contributed by atoms with E-state index in [1.165, 1.54) is 25.7 Å². The van der Waals surface area contributed by atoms with Crippen molar-refractivity contribution in [2.75, 3.05) is 0 Å². The third-order valence-corrected chi connectivity index (χ3v) is 3.30. The van der Waals surface area contributed by atoms with Crippen LogP contribution in [0.2, 0.25) is 0 Å². The quantitative estimate of drug-likeness (QED) is 0.590. The van der Waals surface area contributed by atoms with Gasteiger partial charge in [0.2, 0.25) is 0 Å². The van der Waals surface area contributed by atoms with Crippen LogP contribution in [0.4, 0.5) is 0 Å². The van der Waals surface area contributed by atoms with E-state index >= 15 is 0 Å². The van der Waals surface area contributed by atoms with E-state index in [1.54, 1.807) is 0 Å². The van der Waals surface area contributed by atoms with Crippen LogP contribution in [0.3, 0.4) is 0 Å². The molecule has 2 nitrogen and oxygen atoms in total. The number of aliphatic hydroxyl groups is 2. The monoisotopic (exact) mass is 200 g/mol. The van der Waals surface area contributed by atoms with E-state index in [2.05, 4.69) is 6.92 Å². The third-order valence-electron chi connectivity index (χ3n) is 3.30. The van der Waals surface area contributed by atoms with E-state index in [0.717, 1.165) is 25.2 Å². The predicted molar refractivity (Wildman–Crippen MR) is 57.9 cm³/mol. The minimum absolute atomic E-state index is 0.562. The molecule has 2 fully saturated rings. The summed E-state index contributed by atoms with van der Waals surface area (Å²) in [6.07, 6.45) is 10.2. The van der Waals surface area contributed by atoms with E-state index in [9.17, 15) is 0 Å².